The summed E-state index contributed by atoms with van der Waals surface area (Å²) in [5, 5.41) is 3.14. The fourth-order valence-corrected chi connectivity index (χ4v) is 2.67. The Labute approximate surface area is 147 Å². The molecule has 128 valence electrons. The molecule has 0 unspecified atom stereocenters. The minimum absolute atomic E-state index is 0.145. The molecule has 0 radical (unpaired) electrons. The summed E-state index contributed by atoms with van der Waals surface area (Å²) in [5.41, 5.74) is 2.13. The monoisotopic (exact) mass is 357 g/mol. The molecule has 1 aromatic carbocycles. The summed E-state index contributed by atoms with van der Waals surface area (Å²) in [7, 11) is 0. The number of hydrogen-bond acceptors (Lipinski definition) is 7. The fourth-order valence-electron chi connectivity index (χ4n) is 2.04. The fraction of sp³-hybridized carbons (Fsp3) is 0.176. The number of anilines is 1. The van der Waals surface area contributed by atoms with Crippen molar-refractivity contribution < 1.29 is 18.7 Å². The Morgan fingerprint density at radius 3 is 2.76 bits per heavy atom. The molecule has 1 amide bonds. The first-order chi connectivity index (χ1) is 12.2. The van der Waals surface area contributed by atoms with E-state index in [1.54, 1.807) is 49.5 Å². The largest absolute Gasteiger partial charge is 0.462 e. The summed E-state index contributed by atoms with van der Waals surface area (Å²) < 4.78 is 10.4. The van der Waals surface area contributed by atoms with E-state index in [4.69, 9.17) is 9.15 Å². The van der Waals surface area contributed by atoms with Crippen molar-refractivity contribution in [1.29, 1.82) is 0 Å². The van der Waals surface area contributed by atoms with E-state index in [-0.39, 0.29) is 17.6 Å². The van der Waals surface area contributed by atoms with Crippen molar-refractivity contribution in [1.82, 2.24) is 9.97 Å². The first-order valence-electron chi connectivity index (χ1n) is 7.57. The van der Waals surface area contributed by atoms with E-state index in [1.165, 1.54) is 11.8 Å². The van der Waals surface area contributed by atoms with Crippen LogP contribution in [0.3, 0.4) is 0 Å². The van der Waals surface area contributed by atoms with Crippen LogP contribution in [-0.2, 0) is 9.53 Å². The van der Waals surface area contributed by atoms with Gasteiger partial charge in [0.1, 0.15) is 0 Å². The number of nitrogens with one attached hydrogen (secondary N) is 1. The third-order valence-corrected chi connectivity index (χ3v) is 3.98. The van der Waals surface area contributed by atoms with Gasteiger partial charge in [-0.05, 0) is 43.3 Å². The van der Waals surface area contributed by atoms with Crippen LogP contribution in [-0.4, -0.2) is 34.2 Å². The lowest BCUT2D eigenvalue weighted by Gasteiger charge is -2.05. The average Bonchev–Trinajstić information content (AvgIpc) is 3.04. The number of amides is 1. The number of hydrogen-bond donors (Lipinski definition) is 1. The number of esters is 1. The zero-order valence-electron chi connectivity index (χ0n) is 13.4. The van der Waals surface area contributed by atoms with Crippen molar-refractivity contribution in [2.75, 3.05) is 17.7 Å². The number of nitrogens with zero attached hydrogens (tertiary/aromatic N) is 2. The molecular formula is C17H15N3O4S. The lowest BCUT2D eigenvalue weighted by Crippen LogP contribution is -2.14. The van der Waals surface area contributed by atoms with Gasteiger partial charge in [-0.25, -0.2) is 9.78 Å². The van der Waals surface area contributed by atoms with Gasteiger partial charge in [-0.2, -0.15) is 4.98 Å². The summed E-state index contributed by atoms with van der Waals surface area (Å²) in [4.78, 5) is 31.9. The van der Waals surface area contributed by atoms with Gasteiger partial charge in [-0.3, -0.25) is 4.79 Å². The molecule has 3 rings (SSSR count). The van der Waals surface area contributed by atoms with Crippen LogP contribution in [0.1, 0.15) is 17.3 Å². The zero-order chi connectivity index (χ0) is 17.6. The van der Waals surface area contributed by atoms with E-state index in [0.29, 0.717) is 34.3 Å². The highest BCUT2D eigenvalue weighted by Gasteiger charge is 2.11. The molecule has 0 aliphatic carbocycles. The van der Waals surface area contributed by atoms with E-state index in [2.05, 4.69) is 15.3 Å². The Morgan fingerprint density at radius 2 is 2.04 bits per heavy atom. The molecule has 25 heavy (non-hydrogen) atoms. The molecule has 0 fully saturated rings. The molecule has 0 spiro atoms. The van der Waals surface area contributed by atoms with Gasteiger partial charge in [-0.1, -0.05) is 11.8 Å². The summed E-state index contributed by atoms with van der Waals surface area (Å²) in [6.07, 6.45) is 1.63. The van der Waals surface area contributed by atoms with Gasteiger partial charge in [0.25, 0.3) is 5.22 Å². The molecule has 8 heteroatoms. The number of fused-ring (bicyclic) bond motifs is 1. The second-order valence-electron chi connectivity index (χ2n) is 4.94. The molecule has 1 N–H and O–H groups in total. The van der Waals surface area contributed by atoms with Gasteiger partial charge in [0.2, 0.25) is 5.91 Å². The van der Waals surface area contributed by atoms with Crippen LogP contribution in [0.2, 0.25) is 0 Å². The van der Waals surface area contributed by atoms with Crippen LogP contribution in [0.15, 0.2) is 52.2 Å². The molecule has 2 heterocycles. The number of oxazole rings is 1. The molecule has 0 aliphatic heterocycles. The highest BCUT2D eigenvalue weighted by molar-refractivity contribution is 7.99. The molecule has 0 aliphatic rings. The number of aromatic nitrogens is 2. The maximum absolute atomic E-state index is 12.0. The standard InChI is InChI=1S/C17H15N3O4S/c1-2-23-16(22)11-5-7-12(8-6-11)19-14(21)10-25-17-20-15-13(24-17)4-3-9-18-15/h3-9H,2,10H2,1H3,(H,19,21). The predicted octanol–water partition coefficient (Wildman–Crippen LogP) is 3.13. The Bertz CT molecular complexity index is 859. The first kappa shape index (κ1) is 17.0. The van der Waals surface area contributed by atoms with Crippen molar-refractivity contribution >= 4 is 40.6 Å². The smallest absolute Gasteiger partial charge is 0.338 e. The van der Waals surface area contributed by atoms with Gasteiger partial charge >= 0.3 is 5.97 Å². The number of benzene rings is 1. The van der Waals surface area contributed by atoms with Crippen LogP contribution in [0.25, 0.3) is 11.2 Å². The SMILES string of the molecule is CCOC(=O)c1ccc(NC(=O)CSc2nc3ncccc3o2)cc1. The second kappa shape index (κ2) is 7.80. The lowest BCUT2D eigenvalue weighted by atomic mass is 10.2. The van der Waals surface area contributed by atoms with Crippen LogP contribution in [0, 0.1) is 0 Å². The predicted molar refractivity (Wildman–Crippen MR) is 93.6 cm³/mol. The molecular weight excluding hydrogens is 342 g/mol. The van der Waals surface area contributed by atoms with Gasteiger partial charge in [0.05, 0.1) is 17.9 Å². The molecule has 0 saturated carbocycles. The van der Waals surface area contributed by atoms with Gasteiger partial charge in [0.15, 0.2) is 11.2 Å². The van der Waals surface area contributed by atoms with Crippen LogP contribution in [0.4, 0.5) is 5.69 Å². The topological polar surface area (TPSA) is 94.3 Å². The van der Waals surface area contributed by atoms with Crippen LogP contribution >= 0.6 is 11.8 Å². The van der Waals surface area contributed by atoms with E-state index >= 15 is 0 Å². The Morgan fingerprint density at radius 1 is 1.24 bits per heavy atom. The number of carbonyl (C=O) groups excluding carboxylic acids is 2. The molecule has 3 aromatic rings. The molecule has 7 nitrogen and oxygen atoms in total. The number of pyridine rings is 1. The van der Waals surface area contributed by atoms with E-state index < -0.39 is 0 Å². The third-order valence-electron chi connectivity index (χ3n) is 3.15. The number of ether oxygens (including phenoxy) is 1. The van der Waals surface area contributed by atoms with E-state index in [9.17, 15) is 9.59 Å². The quantitative estimate of drug-likeness (QED) is 0.535. The van der Waals surface area contributed by atoms with Crippen molar-refractivity contribution in [2.45, 2.75) is 12.1 Å². The second-order valence-corrected chi connectivity index (χ2v) is 5.87. The summed E-state index contributed by atoms with van der Waals surface area (Å²) in [6, 6.07) is 10.0. The Hall–Kier alpha value is -2.87. The zero-order valence-corrected chi connectivity index (χ0v) is 14.2. The summed E-state index contributed by atoms with van der Waals surface area (Å²) in [6.45, 7) is 2.07. The van der Waals surface area contributed by atoms with Gasteiger partial charge in [0, 0.05) is 11.9 Å². The Balaban J connectivity index is 1.54. The summed E-state index contributed by atoms with van der Waals surface area (Å²) in [5.74, 6) is -0.448. The minimum atomic E-state index is -0.388. The molecule has 0 bridgehead atoms. The summed E-state index contributed by atoms with van der Waals surface area (Å²) >= 11 is 1.18. The van der Waals surface area contributed by atoms with E-state index in [0.717, 1.165) is 0 Å². The van der Waals surface area contributed by atoms with Gasteiger partial charge in [-0.15, -0.1) is 0 Å². The highest BCUT2D eigenvalue weighted by atomic mass is 32.2. The number of carbonyl (C=O) groups is 2. The van der Waals surface area contributed by atoms with Crippen molar-refractivity contribution in [3.05, 3.63) is 48.2 Å². The normalized spacial score (nSPS) is 10.6. The average molecular weight is 357 g/mol. The first-order valence-corrected chi connectivity index (χ1v) is 8.55. The minimum Gasteiger partial charge on any atom is -0.462 e. The maximum atomic E-state index is 12.0. The van der Waals surface area contributed by atoms with Crippen molar-refractivity contribution in [2.24, 2.45) is 0 Å². The van der Waals surface area contributed by atoms with Crippen molar-refractivity contribution in [3.63, 3.8) is 0 Å². The third kappa shape index (κ3) is 4.36. The van der Waals surface area contributed by atoms with Gasteiger partial charge < -0.3 is 14.5 Å². The number of rotatable bonds is 6. The lowest BCUT2D eigenvalue weighted by molar-refractivity contribution is -0.113. The highest BCUT2D eigenvalue weighted by Crippen LogP contribution is 2.22. The van der Waals surface area contributed by atoms with E-state index in [1.807, 2.05) is 0 Å². The molecule has 2 aromatic heterocycles. The Kier molecular flexibility index (Phi) is 5.30. The van der Waals surface area contributed by atoms with Crippen molar-refractivity contribution in [3.8, 4) is 0 Å². The maximum Gasteiger partial charge on any atom is 0.338 e. The van der Waals surface area contributed by atoms with Crippen LogP contribution in [0.5, 0.6) is 0 Å². The van der Waals surface area contributed by atoms with Crippen LogP contribution < -0.4 is 5.32 Å². The number of thioether (sulfide) groups is 1. The molecule has 0 atom stereocenters. The molecule has 0 saturated heterocycles.